The van der Waals surface area contributed by atoms with E-state index in [0.29, 0.717) is 17.1 Å². The van der Waals surface area contributed by atoms with Crippen molar-refractivity contribution in [1.82, 2.24) is 9.97 Å². The zero-order valence-electron chi connectivity index (χ0n) is 13.6. The molecule has 0 aliphatic rings. The molecule has 0 saturated carbocycles. The van der Waals surface area contributed by atoms with Crippen LogP contribution in [0.3, 0.4) is 0 Å². The Balaban J connectivity index is 1.63. The van der Waals surface area contributed by atoms with Crippen LogP contribution in [0.2, 0.25) is 0 Å². The molecule has 0 spiro atoms. The molecule has 0 bridgehead atoms. The van der Waals surface area contributed by atoms with Gasteiger partial charge in [-0.15, -0.1) is 0 Å². The third kappa shape index (κ3) is 3.12. The standard InChI is InChI=1S/C20H15N3O2/c1-13-7-8-18-17(10-13)23-20(25-18)14-4-2-6-16(11-14)22-19(24)15-5-3-9-21-12-15/h2-12H,1H3,(H,22,24). The number of benzene rings is 2. The molecule has 0 atom stereocenters. The van der Waals surface area contributed by atoms with E-state index in [1.54, 1.807) is 18.3 Å². The largest absolute Gasteiger partial charge is 0.436 e. The van der Waals surface area contributed by atoms with Crippen molar-refractivity contribution in [2.75, 3.05) is 5.32 Å². The van der Waals surface area contributed by atoms with Crippen molar-refractivity contribution in [1.29, 1.82) is 0 Å². The molecule has 0 fully saturated rings. The number of pyridine rings is 1. The molecule has 0 saturated heterocycles. The maximum Gasteiger partial charge on any atom is 0.257 e. The lowest BCUT2D eigenvalue weighted by Gasteiger charge is -2.06. The number of fused-ring (bicyclic) bond motifs is 1. The van der Waals surface area contributed by atoms with Crippen molar-refractivity contribution in [3.63, 3.8) is 0 Å². The molecule has 5 nitrogen and oxygen atoms in total. The Labute approximate surface area is 144 Å². The first-order valence-electron chi connectivity index (χ1n) is 7.88. The van der Waals surface area contributed by atoms with Gasteiger partial charge in [-0.25, -0.2) is 4.98 Å². The number of amides is 1. The van der Waals surface area contributed by atoms with E-state index < -0.39 is 0 Å². The Morgan fingerprint density at radius 2 is 2.00 bits per heavy atom. The minimum Gasteiger partial charge on any atom is -0.436 e. The number of aryl methyl sites for hydroxylation is 1. The second kappa shape index (κ2) is 6.20. The quantitative estimate of drug-likeness (QED) is 0.603. The predicted molar refractivity (Wildman–Crippen MR) is 96.4 cm³/mol. The number of carbonyl (C=O) groups excluding carboxylic acids is 1. The highest BCUT2D eigenvalue weighted by molar-refractivity contribution is 6.04. The van der Waals surface area contributed by atoms with Crippen LogP contribution in [0, 0.1) is 6.92 Å². The van der Waals surface area contributed by atoms with Gasteiger partial charge in [-0.2, -0.15) is 0 Å². The number of nitrogens with zero attached hydrogens (tertiary/aromatic N) is 2. The summed E-state index contributed by atoms with van der Waals surface area (Å²) < 4.78 is 5.82. The Morgan fingerprint density at radius 1 is 1.08 bits per heavy atom. The fourth-order valence-corrected chi connectivity index (χ4v) is 2.59. The van der Waals surface area contributed by atoms with Crippen LogP contribution >= 0.6 is 0 Å². The molecule has 122 valence electrons. The Morgan fingerprint density at radius 3 is 2.84 bits per heavy atom. The summed E-state index contributed by atoms with van der Waals surface area (Å²) in [5.74, 6) is 0.316. The van der Waals surface area contributed by atoms with E-state index in [9.17, 15) is 4.79 Å². The summed E-state index contributed by atoms with van der Waals surface area (Å²) in [6.45, 7) is 2.02. The van der Waals surface area contributed by atoms with Crippen LogP contribution in [0.25, 0.3) is 22.6 Å². The summed E-state index contributed by atoms with van der Waals surface area (Å²) in [5.41, 5.74) is 4.67. The Hall–Kier alpha value is -3.47. The predicted octanol–water partition coefficient (Wildman–Crippen LogP) is 4.45. The van der Waals surface area contributed by atoms with Gasteiger partial charge < -0.3 is 9.73 Å². The van der Waals surface area contributed by atoms with Crippen LogP contribution in [0.4, 0.5) is 5.69 Å². The van der Waals surface area contributed by atoms with Gasteiger partial charge in [0.1, 0.15) is 5.52 Å². The highest BCUT2D eigenvalue weighted by atomic mass is 16.3. The lowest BCUT2D eigenvalue weighted by atomic mass is 10.2. The van der Waals surface area contributed by atoms with Crippen molar-refractivity contribution in [3.05, 3.63) is 78.1 Å². The second-order valence-corrected chi connectivity index (χ2v) is 5.77. The Kier molecular flexibility index (Phi) is 3.74. The van der Waals surface area contributed by atoms with Gasteiger partial charge in [0.2, 0.25) is 5.89 Å². The van der Waals surface area contributed by atoms with Crippen molar-refractivity contribution >= 4 is 22.7 Å². The first-order valence-corrected chi connectivity index (χ1v) is 7.88. The SMILES string of the molecule is Cc1ccc2oc(-c3cccc(NC(=O)c4cccnc4)c3)nc2c1. The average molecular weight is 329 g/mol. The number of nitrogens with one attached hydrogen (secondary N) is 1. The number of aromatic nitrogens is 2. The summed E-state index contributed by atoms with van der Waals surface area (Å²) in [6.07, 6.45) is 3.16. The Bertz CT molecular complexity index is 1050. The number of oxazole rings is 1. The first kappa shape index (κ1) is 15.1. The summed E-state index contributed by atoms with van der Waals surface area (Å²) in [7, 11) is 0. The molecule has 1 N–H and O–H groups in total. The summed E-state index contributed by atoms with van der Waals surface area (Å²) >= 11 is 0. The van der Waals surface area contributed by atoms with E-state index in [0.717, 1.165) is 22.2 Å². The number of anilines is 1. The monoisotopic (exact) mass is 329 g/mol. The minimum absolute atomic E-state index is 0.210. The lowest BCUT2D eigenvalue weighted by Crippen LogP contribution is -2.11. The summed E-state index contributed by atoms with van der Waals surface area (Å²) in [6, 6.07) is 16.7. The fourth-order valence-electron chi connectivity index (χ4n) is 2.59. The molecule has 4 aromatic rings. The number of hydrogen-bond acceptors (Lipinski definition) is 4. The topological polar surface area (TPSA) is 68.0 Å². The van der Waals surface area contributed by atoms with Crippen molar-refractivity contribution in [2.24, 2.45) is 0 Å². The van der Waals surface area contributed by atoms with E-state index in [1.807, 2.05) is 49.4 Å². The van der Waals surface area contributed by atoms with E-state index in [2.05, 4.69) is 15.3 Å². The van der Waals surface area contributed by atoms with E-state index in [4.69, 9.17) is 4.42 Å². The first-order chi connectivity index (χ1) is 12.2. The molecule has 2 aromatic carbocycles. The zero-order valence-corrected chi connectivity index (χ0v) is 13.6. The maximum atomic E-state index is 12.3. The van der Waals surface area contributed by atoms with Gasteiger partial charge in [0.05, 0.1) is 5.56 Å². The van der Waals surface area contributed by atoms with Crippen LogP contribution < -0.4 is 5.32 Å². The van der Waals surface area contributed by atoms with Crippen LogP contribution in [0.5, 0.6) is 0 Å². The molecule has 4 rings (SSSR count). The van der Waals surface area contributed by atoms with E-state index >= 15 is 0 Å². The third-order valence-electron chi connectivity index (χ3n) is 3.83. The molecule has 0 aliphatic carbocycles. The van der Waals surface area contributed by atoms with Gasteiger partial charge >= 0.3 is 0 Å². The molecule has 2 heterocycles. The van der Waals surface area contributed by atoms with E-state index in [-0.39, 0.29) is 5.91 Å². The van der Waals surface area contributed by atoms with Gasteiger partial charge in [-0.05, 0) is 55.0 Å². The second-order valence-electron chi connectivity index (χ2n) is 5.77. The normalized spacial score (nSPS) is 10.8. The van der Waals surface area contributed by atoms with E-state index in [1.165, 1.54) is 6.20 Å². The van der Waals surface area contributed by atoms with Gasteiger partial charge in [0, 0.05) is 23.6 Å². The van der Waals surface area contributed by atoms with Crippen molar-refractivity contribution in [2.45, 2.75) is 6.92 Å². The number of hydrogen-bond donors (Lipinski definition) is 1. The van der Waals surface area contributed by atoms with Gasteiger partial charge in [0.15, 0.2) is 5.58 Å². The number of rotatable bonds is 3. The average Bonchev–Trinajstić information content (AvgIpc) is 3.06. The molecular formula is C20H15N3O2. The van der Waals surface area contributed by atoms with Gasteiger partial charge in [0.25, 0.3) is 5.91 Å². The van der Waals surface area contributed by atoms with Gasteiger partial charge in [-0.1, -0.05) is 12.1 Å². The highest BCUT2D eigenvalue weighted by Gasteiger charge is 2.10. The molecule has 0 radical (unpaired) electrons. The summed E-state index contributed by atoms with van der Waals surface area (Å²) in [5, 5.41) is 2.86. The van der Waals surface area contributed by atoms with Crippen LogP contribution in [0.15, 0.2) is 71.4 Å². The molecule has 25 heavy (non-hydrogen) atoms. The van der Waals surface area contributed by atoms with Crippen LogP contribution in [-0.2, 0) is 0 Å². The van der Waals surface area contributed by atoms with Crippen molar-refractivity contribution < 1.29 is 9.21 Å². The fraction of sp³-hybridized carbons (Fsp3) is 0.0500. The molecular weight excluding hydrogens is 314 g/mol. The lowest BCUT2D eigenvalue weighted by molar-refractivity contribution is 0.102. The molecule has 5 heteroatoms. The van der Waals surface area contributed by atoms with Crippen LogP contribution in [-0.4, -0.2) is 15.9 Å². The van der Waals surface area contributed by atoms with Crippen LogP contribution in [0.1, 0.15) is 15.9 Å². The highest BCUT2D eigenvalue weighted by Crippen LogP contribution is 2.26. The third-order valence-corrected chi connectivity index (χ3v) is 3.83. The molecule has 2 aromatic heterocycles. The molecule has 0 aliphatic heterocycles. The smallest absolute Gasteiger partial charge is 0.257 e. The zero-order chi connectivity index (χ0) is 17.2. The van der Waals surface area contributed by atoms with Crippen molar-refractivity contribution in [3.8, 4) is 11.5 Å². The minimum atomic E-state index is -0.210. The summed E-state index contributed by atoms with van der Waals surface area (Å²) in [4.78, 5) is 20.7. The molecule has 1 amide bonds. The van der Waals surface area contributed by atoms with Gasteiger partial charge in [-0.3, -0.25) is 9.78 Å². The molecule has 0 unspecified atom stereocenters. The number of carbonyl (C=O) groups is 1. The maximum absolute atomic E-state index is 12.3.